The first-order valence-electron chi connectivity index (χ1n) is 8.27. The Morgan fingerprint density at radius 3 is 2.62 bits per heavy atom. The normalized spacial score (nSPS) is 38.0. The summed E-state index contributed by atoms with van der Waals surface area (Å²) in [5.41, 5.74) is 3.72. The first-order valence-corrected chi connectivity index (χ1v) is 8.71. The van der Waals surface area contributed by atoms with Crippen molar-refractivity contribution in [1.82, 2.24) is 9.55 Å². The van der Waals surface area contributed by atoms with E-state index in [9.17, 15) is 0 Å². The highest BCUT2D eigenvalue weighted by Gasteiger charge is 2.66. The van der Waals surface area contributed by atoms with Crippen LogP contribution >= 0.6 is 11.6 Å². The van der Waals surface area contributed by atoms with Gasteiger partial charge in [0.2, 0.25) is 0 Å². The van der Waals surface area contributed by atoms with Crippen molar-refractivity contribution < 1.29 is 0 Å². The average molecular weight is 301 g/mol. The van der Waals surface area contributed by atoms with Crippen molar-refractivity contribution in [3.05, 3.63) is 29.6 Å². The fraction of sp³-hybridized carbons (Fsp3) is 0.611. The standard InChI is InChI=1S/C18H21ClN2/c1-9-3-6-13-14(7-9)21(18(20-13)10(2)19)17-15-11-4-5-12(8-11)16(15)17/h3,6-7,10-12,15-17H,4-5,8H2,1-2H3. The monoisotopic (exact) mass is 300 g/mol. The van der Waals surface area contributed by atoms with E-state index in [4.69, 9.17) is 16.6 Å². The molecule has 3 aliphatic rings. The molecule has 1 heterocycles. The van der Waals surface area contributed by atoms with E-state index < -0.39 is 0 Å². The number of aryl methyl sites for hydroxylation is 1. The van der Waals surface area contributed by atoms with Gasteiger partial charge >= 0.3 is 0 Å². The molecule has 1 aromatic heterocycles. The fourth-order valence-electron chi connectivity index (χ4n) is 5.44. The summed E-state index contributed by atoms with van der Waals surface area (Å²) in [5.74, 6) is 4.86. The molecule has 5 atom stereocenters. The quantitative estimate of drug-likeness (QED) is 0.724. The van der Waals surface area contributed by atoms with E-state index in [2.05, 4.69) is 36.6 Å². The molecule has 5 rings (SSSR count). The van der Waals surface area contributed by atoms with Crippen LogP contribution < -0.4 is 0 Å². The SMILES string of the molecule is Cc1ccc2nc(C(C)Cl)n(C3C4C5CCC(C5)C43)c2c1. The molecule has 3 saturated carbocycles. The van der Waals surface area contributed by atoms with Crippen molar-refractivity contribution in [3.63, 3.8) is 0 Å². The zero-order chi connectivity index (χ0) is 14.3. The molecule has 0 spiro atoms. The second kappa shape index (κ2) is 4.04. The maximum absolute atomic E-state index is 6.45. The summed E-state index contributed by atoms with van der Waals surface area (Å²) in [6.07, 6.45) is 4.41. The van der Waals surface area contributed by atoms with Gasteiger partial charge in [-0.2, -0.15) is 0 Å². The highest BCUT2D eigenvalue weighted by molar-refractivity contribution is 6.20. The topological polar surface area (TPSA) is 17.8 Å². The highest BCUT2D eigenvalue weighted by atomic mass is 35.5. The van der Waals surface area contributed by atoms with Gasteiger partial charge < -0.3 is 4.57 Å². The molecule has 3 aliphatic carbocycles. The maximum Gasteiger partial charge on any atom is 0.127 e. The first kappa shape index (κ1) is 12.5. The van der Waals surface area contributed by atoms with Crippen molar-refractivity contribution in [2.75, 3.05) is 0 Å². The number of alkyl halides is 1. The minimum absolute atomic E-state index is 0.0170. The summed E-state index contributed by atoms with van der Waals surface area (Å²) in [4.78, 5) is 4.84. The summed E-state index contributed by atoms with van der Waals surface area (Å²) >= 11 is 6.45. The Balaban J connectivity index is 1.68. The number of hydrogen-bond acceptors (Lipinski definition) is 1. The van der Waals surface area contributed by atoms with E-state index in [1.807, 2.05) is 0 Å². The van der Waals surface area contributed by atoms with E-state index in [1.54, 1.807) is 0 Å². The smallest absolute Gasteiger partial charge is 0.127 e. The molecule has 2 bridgehead atoms. The van der Waals surface area contributed by atoms with E-state index >= 15 is 0 Å². The molecule has 0 saturated heterocycles. The zero-order valence-corrected chi connectivity index (χ0v) is 13.3. The van der Waals surface area contributed by atoms with Gasteiger partial charge in [-0.25, -0.2) is 4.98 Å². The summed E-state index contributed by atoms with van der Waals surface area (Å²) in [5, 5.41) is -0.0170. The van der Waals surface area contributed by atoms with Crippen molar-refractivity contribution in [2.24, 2.45) is 23.7 Å². The maximum atomic E-state index is 6.45. The van der Waals surface area contributed by atoms with Crippen LogP contribution in [0.5, 0.6) is 0 Å². The van der Waals surface area contributed by atoms with Crippen molar-refractivity contribution in [2.45, 2.75) is 44.5 Å². The van der Waals surface area contributed by atoms with Crippen LogP contribution in [-0.4, -0.2) is 9.55 Å². The zero-order valence-electron chi connectivity index (χ0n) is 12.6. The number of nitrogens with zero attached hydrogens (tertiary/aromatic N) is 2. The van der Waals surface area contributed by atoms with Gasteiger partial charge in [-0.3, -0.25) is 0 Å². The molecule has 0 radical (unpaired) electrons. The van der Waals surface area contributed by atoms with Crippen LogP contribution in [0.25, 0.3) is 11.0 Å². The van der Waals surface area contributed by atoms with Gasteiger partial charge in [0.25, 0.3) is 0 Å². The van der Waals surface area contributed by atoms with Crippen LogP contribution in [0.4, 0.5) is 0 Å². The number of fused-ring (bicyclic) bond motifs is 6. The summed E-state index contributed by atoms with van der Waals surface area (Å²) < 4.78 is 2.51. The Morgan fingerprint density at radius 1 is 1.24 bits per heavy atom. The lowest BCUT2D eigenvalue weighted by atomic mass is 10.0. The second-order valence-electron chi connectivity index (χ2n) is 7.43. The Hall–Kier alpha value is -1.02. The summed E-state index contributed by atoms with van der Waals surface area (Å²) in [7, 11) is 0. The van der Waals surface area contributed by atoms with E-state index in [-0.39, 0.29) is 5.38 Å². The van der Waals surface area contributed by atoms with Crippen LogP contribution in [0.1, 0.15) is 49.0 Å². The predicted octanol–water partition coefficient (Wildman–Crippen LogP) is 4.86. The van der Waals surface area contributed by atoms with Gasteiger partial charge in [0.15, 0.2) is 0 Å². The second-order valence-corrected chi connectivity index (χ2v) is 8.08. The lowest BCUT2D eigenvalue weighted by molar-refractivity contribution is 0.451. The Kier molecular flexibility index (Phi) is 2.41. The highest BCUT2D eigenvalue weighted by Crippen LogP contribution is 2.72. The average Bonchev–Trinajstić information content (AvgIpc) is 2.81. The number of rotatable bonds is 2. The molecule has 1 aromatic carbocycles. The third-order valence-corrected chi connectivity index (χ3v) is 6.42. The van der Waals surface area contributed by atoms with Crippen LogP contribution in [0.3, 0.4) is 0 Å². The number of halogens is 1. The number of benzene rings is 1. The molecule has 0 aliphatic heterocycles. The molecule has 0 amide bonds. The van der Waals surface area contributed by atoms with Crippen molar-refractivity contribution in [3.8, 4) is 0 Å². The summed E-state index contributed by atoms with van der Waals surface area (Å²) in [6, 6.07) is 7.27. The molecule has 2 aromatic rings. The molecule has 110 valence electrons. The molecular formula is C18H21ClN2. The Morgan fingerprint density at radius 2 is 1.95 bits per heavy atom. The fourth-order valence-corrected chi connectivity index (χ4v) is 5.59. The van der Waals surface area contributed by atoms with Gasteiger partial charge in [-0.05, 0) is 74.5 Å². The predicted molar refractivity (Wildman–Crippen MR) is 85.6 cm³/mol. The van der Waals surface area contributed by atoms with Gasteiger partial charge in [0, 0.05) is 6.04 Å². The minimum atomic E-state index is -0.0170. The minimum Gasteiger partial charge on any atom is -0.323 e. The molecule has 2 nitrogen and oxygen atoms in total. The summed E-state index contributed by atoms with van der Waals surface area (Å²) in [6.45, 7) is 4.22. The van der Waals surface area contributed by atoms with Crippen LogP contribution in [0.15, 0.2) is 18.2 Å². The molecule has 5 unspecified atom stereocenters. The van der Waals surface area contributed by atoms with Crippen LogP contribution in [-0.2, 0) is 0 Å². The van der Waals surface area contributed by atoms with E-state index in [1.165, 1.54) is 30.3 Å². The number of aromatic nitrogens is 2. The van der Waals surface area contributed by atoms with Gasteiger partial charge in [-0.15, -0.1) is 11.6 Å². The lowest BCUT2D eigenvalue weighted by Crippen LogP contribution is -2.09. The van der Waals surface area contributed by atoms with E-state index in [0.29, 0.717) is 6.04 Å². The Labute approximate surface area is 130 Å². The largest absolute Gasteiger partial charge is 0.323 e. The lowest BCUT2D eigenvalue weighted by Gasteiger charge is -2.15. The van der Waals surface area contributed by atoms with Crippen molar-refractivity contribution >= 4 is 22.6 Å². The molecule has 0 N–H and O–H groups in total. The number of imidazole rings is 1. The van der Waals surface area contributed by atoms with E-state index in [0.717, 1.165) is 35.0 Å². The van der Waals surface area contributed by atoms with Crippen LogP contribution in [0, 0.1) is 30.6 Å². The van der Waals surface area contributed by atoms with Gasteiger partial charge in [0.1, 0.15) is 5.82 Å². The van der Waals surface area contributed by atoms with Gasteiger partial charge in [0.05, 0.1) is 16.4 Å². The third-order valence-electron chi connectivity index (χ3n) is 6.22. The van der Waals surface area contributed by atoms with Gasteiger partial charge in [-0.1, -0.05) is 6.07 Å². The third kappa shape index (κ3) is 1.57. The molecule has 3 heteroatoms. The molecule has 3 fully saturated rings. The van der Waals surface area contributed by atoms with Crippen LogP contribution in [0.2, 0.25) is 0 Å². The van der Waals surface area contributed by atoms with Crippen molar-refractivity contribution in [1.29, 1.82) is 0 Å². The molecular weight excluding hydrogens is 280 g/mol. The molecule has 21 heavy (non-hydrogen) atoms. The number of hydrogen-bond donors (Lipinski definition) is 0. The first-order chi connectivity index (χ1) is 10.1. The Bertz CT molecular complexity index is 716.